The average molecular weight is 641 g/mol. The highest BCUT2D eigenvalue weighted by molar-refractivity contribution is 7.88. The number of primary amides is 1. The van der Waals surface area contributed by atoms with Crippen LogP contribution >= 0.6 is 0 Å². The van der Waals surface area contributed by atoms with Crippen LogP contribution in [0.5, 0.6) is 0 Å². The summed E-state index contributed by atoms with van der Waals surface area (Å²) in [6.45, 7) is 13.6. The fourth-order valence-corrected chi connectivity index (χ4v) is 6.96. The zero-order valence-electron chi connectivity index (χ0n) is 27.6. The van der Waals surface area contributed by atoms with Crippen LogP contribution in [0.4, 0.5) is 4.79 Å². The van der Waals surface area contributed by atoms with Crippen molar-refractivity contribution in [3.63, 3.8) is 0 Å². The van der Waals surface area contributed by atoms with Crippen molar-refractivity contribution in [2.75, 3.05) is 26.4 Å². The molecule has 5 amide bonds. The summed E-state index contributed by atoms with van der Waals surface area (Å²) in [6.07, 6.45) is 4.26. The van der Waals surface area contributed by atoms with Gasteiger partial charge in [0, 0.05) is 26.2 Å². The summed E-state index contributed by atoms with van der Waals surface area (Å²) in [5, 5.41) is 8.39. The van der Waals surface area contributed by atoms with Gasteiger partial charge in [-0.3, -0.25) is 19.2 Å². The Kier molecular flexibility index (Phi) is 10.5. The van der Waals surface area contributed by atoms with E-state index in [4.69, 9.17) is 5.73 Å². The van der Waals surface area contributed by atoms with E-state index in [1.54, 1.807) is 0 Å². The van der Waals surface area contributed by atoms with Crippen molar-refractivity contribution in [2.24, 2.45) is 40.2 Å². The normalized spacial score (nSPS) is 25.0. The molecule has 13 nitrogen and oxygen atoms in total. The predicted octanol–water partition coefficient (Wildman–Crippen LogP) is 0.829. The fraction of sp³-hybridized carbons (Fsp3) is 0.833. The summed E-state index contributed by atoms with van der Waals surface area (Å²) in [5.41, 5.74) is 4.36. The maximum Gasteiger partial charge on any atom is 0.315 e. The number of piperidine rings is 1. The van der Waals surface area contributed by atoms with Crippen LogP contribution in [0.2, 0.25) is 0 Å². The SMILES string of the molecule is CC(C)[C@@H](CN(C)S(C)(=O)=O)NC(=O)N[C@H](C(=O)N1C[C@H]2[C@@H]([C@H]1C(=O)NC(CC1CCC1)C(=O)C(N)=O)C2(C)C)C(C)(C)C. The number of urea groups is 1. The number of hydrogen-bond donors (Lipinski definition) is 4. The molecule has 3 rings (SSSR count). The molecular formula is C30H52N6O7S. The molecule has 1 heterocycles. The molecule has 0 aromatic carbocycles. The van der Waals surface area contributed by atoms with E-state index < -0.39 is 69.1 Å². The van der Waals surface area contributed by atoms with Crippen LogP contribution in [0.25, 0.3) is 0 Å². The van der Waals surface area contributed by atoms with Crippen LogP contribution in [-0.4, -0.2) is 97.7 Å². The lowest BCUT2D eigenvalue weighted by molar-refractivity contribution is -0.145. The lowest BCUT2D eigenvalue weighted by Gasteiger charge is -2.38. The molecule has 3 aliphatic rings. The number of hydrogen-bond acceptors (Lipinski definition) is 7. The number of ketones is 1. The van der Waals surface area contributed by atoms with Gasteiger partial charge in [-0.25, -0.2) is 17.5 Å². The molecule has 1 saturated heterocycles. The number of rotatable bonds is 13. The van der Waals surface area contributed by atoms with Gasteiger partial charge in [0.2, 0.25) is 27.6 Å². The molecule has 2 aliphatic carbocycles. The third kappa shape index (κ3) is 7.91. The van der Waals surface area contributed by atoms with Gasteiger partial charge in [-0.15, -0.1) is 0 Å². The minimum Gasteiger partial charge on any atom is -0.363 e. The zero-order valence-corrected chi connectivity index (χ0v) is 28.4. The van der Waals surface area contributed by atoms with Crippen molar-refractivity contribution in [3.8, 4) is 0 Å². The number of Topliss-reactive ketones (excluding diaryl/α,β-unsaturated/α-hetero) is 1. The Morgan fingerprint density at radius 2 is 1.64 bits per heavy atom. The number of likely N-dealkylation sites (tertiary alicyclic amines) is 1. The number of nitrogens with one attached hydrogen (secondary N) is 3. The van der Waals surface area contributed by atoms with E-state index in [0.29, 0.717) is 13.0 Å². The van der Waals surface area contributed by atoms with Gasteiger partial charge in [-0.1, -0.05) is 67.7 Å². The summed E-state index contributed by atoms with van der Waals surface area (Å²) >= 11 is 0. The van der Waals surface area contributed by atoms with E-state index in [0.717, 1.165) is 29.8 Å². The quantitative estimate of drug-likeness (QED) is 0.215. The summed E-state index contributed by atoms with van der Waals surface area (Å²) in [7, 11) is -2.04. The van der Waals surface area contributed by atoms with E-state index in [2.05, 4.69) is 16.0 Å². The minimum atomic E-state index is -3.47. The molecule has 2 saturated carbocycles. The smallest absolute Gasteiger partial charge is 0.315 e. The molecule has 44 heavy (non-hydrogen) atoms. The number of amides is 5. The molecule has 14 heteroatoms. The molecule has 0 aromatic heterocycles. The first-order valence-electron chi connectivity index (χ1n) is 15.5. The van der Waals surface area contributed by atoms with E-state index in [1.807, 2.05) is 48.5 Å². The standard InChI is InChI=1S/C30H52N6O7S/c1-16(2)20(15-35(8)44(9,42)43)33-28(41)34-24(29(3,4)5)27(40)36-14-18-21(30(18,6)7)22(36)26(39)32-19(23(37)25(31)38)13-17-11-10-12-17/h16-22,24H,10-15H2,1-9H3,(H2,31,38)(H,32,39)(H2,33,34,41)/t18-,19?,20+,21-,22-,24+/m0/s1. The van der Waals surface area contributed by atoms with Crippen LogP contribution in [0.15, 0.2) is 0 Å². The summed E-state index contributed by atoms with van der Waals surface area (Å²) in [4.78, 5) is 67.2. The van der Waals surface area contributed by atoms with Gasteiger partial charge in [-0.05, 0) is 40.9 Å². The number of carbonyl (C=O) groups is 5. The van der Waals surface area contributed by atoms with E-state index in [-0.39, 0.29) is 35.6 Å². The Bertz CT molecular complexity index is 1260. The Balaban J connectivity index is 1.81. The molecule has 3 fully saturated rings. The first kappa shape index (κ1) is 35.7. The molecule has 1 aliphatic heterocycles. The van der Waals surface area contributed by atoms with E-state index >= 15 is 0 Å². The maximum atomic E-state index is 14.2. The van der Waals surface area contributed by atoms with Crippen molar-refractivity contribution in [3.05, 3.63) is 0 Å². The lowest BCUT2D eigenvalue weighted by atomic mass is 9.80. The van der Waals surface area contributed by atoms with Crippen molar-refractivity contribution in [2.45, 2.75) is 98.3 Å². The maximum absolute atomic E-state index is 14.2. The highest BCUT2D eigenvalue weighted by atomic mass is 32.2. The van der Waals surface area contributed by atoms with Crippen LogP contribution < -0.4 is 21.7 Å². The summed E-state index contributed by atoms with van der Waals surface area (Å²) in [5.74, 6) is -2.86. The number of nitrogens with two attached hydrogens (primary N) is 1. The Morgan fingerprint density at radius 3 is 2.09 bits per heavy atom. The second-order valence-electron chi connectivity index (χ2n) is 15.0. The topological polar surface area (TPSA) is 188 Å². The predicted molar refractivity (Wildman–Crippen MR) is 165 cm³/mol. The highest BCUT2D eigenvalue weighted by Gasteiger charge is 2.70. The monoisotopic (exact) mass is 640 g/mol. The van der Waals surface area contributed by atoms with Crippen LogP contribution in [0.1, 0.15) is 74.1 Å². The van der Waals surface area contributed by atoms with Gasteiger partial charge in [0.05, 0.1) is 12.3 Å². The summed E-state index contributed by atoms with van der Waals surface area (Å²) < 4.78 is 25.1. The molecular weight excluding hydrogens is 588 g/mol. The van der Waals surface area contributed by atoms with Gasteiger partial charge in [0.1, 0.15) is 12.1 Å². The van der Waals surface area contributed by atoms with Crippen LogP contribution in [0, 0.1) is 34.5 Å². The molecule has 250 valence electrons. The Labute approximate surface area is 261 Å². The van der Waals surface area contributed by atoms with Crippen LogP contribution in [0.3, 0.4) is 0 Å². The third-order valence-electron chi connectivity index (χ3n) is 9.96. The second-order valence-corrected chi connectivity index (χ2v) is 17.1. The van der Waals surface area contributed by atoms with E-state index in [1.165, 1.54) is 11.9 Å². The fourth-order valence-electron chi connectivity index (χ4n) is 6.53. The number of likely N-dealkylation sites (N-methyl/N-ethyl adjacent to an activating group) is 1. The first-order chi connectivity index (χ1) is 20.1. The molecule has 6 atom stereocenters. The van der Waals surface area contributed by atoms with Gasteiger partial charge in [0.25, 0.3) is 5.91 Å². The second kappa shape index (κ2) is 12.9. The molecule has 0 aromatic rings. The molecule has 0 radical (unpaired) electrons. The zero-order chi connectivity index (χ0) is 33.5. The molecule has 5 N–H and O–H groups in total. The van der Waals surface area contributed by atoms with Gasteiger partial charge in [-0.2, -0.15) is 0 Å². The molecule has 0 spiro atoms. The Hall–Kier alpha value is -2.74. The van der Waals surface area contributed by atoms with Gasteiger partial charge < -0.3 is 26.6 Å². The van der Waals surface area contributed by atoms with Gasteiger partial charge >= 0.3 is 6.03 Å². The molecule has 0 bridgehead atoms. The number of sulfonamides is 1. The number of fused-ring (bicyclic) bond motifs is 1. The lowest BCUT2D eigenvalue weighted by Crippen LogP contribution is -2.62. The minimum absolute atomic E-state index is 0.0525. The largest absolute Gasteiger partial charge is 0.363 e. The summed E-state index contributed by atoms with van der Waals surface area (Å²) in [6, 6.07) is -4.11. The van der Waals surface area contributed by atoms with Crippen molar-refractivity contribution >= 4 is 39.6 Å². The van der Waals surface area contributed by atoms with Crippen LogP contribution in [-0.2, 0) is 29.2 Å². The Morgan fingerprint density at radius 1 is 1.05 bits per heavy atom. The van der Waals surface area contributed by atoms with Crippen molar-refractivity contribution in [1.82, 2.24) is 25.2 Å². The average Bonchev–Trinajstić information content (AvgIpc) is 3.19. The number of carbonyl (C=O) groups excluding carboxylic acids is 5. The first-order valence-corrected chi connectivity index (χ1v) is 17.3. The van der Waals surface area contributed by atoms with Crippen molar-refractivity contribution in [1.29, 1.82) is 0 Å². The number of nitrogens with zero attached hydrogens (tertiary/aromatic N) is 2. The molecule has 1 unspecified atom stereocenters. The van der Waals surface area contributed by atoms with Crippen molar-refractivity contribution < 1.29 is 32.4 Å². The van der Waals surface area contributed by atoms with Gasteiger partial charge in [0.15, 0.2) is 0 Å². The third-order valence-corrected chi connectivity index (χ3v) is 11.2. The van der Waals surface area contributed by atoms with E-state index in [9.17, 15) is 32.4 Å². The highest BCUT2D eigenvalue weighted by Crippen LogP contribution is 2.65.